The lowest BCUT2D eigenvalue weighted by Crippen LogP contribution is -2.00. The molecule has 0 unspecified atom stereocenters. The molecule has 0 aliphatic rings. The van der Waals surface area contributed by atoms with Gasteiger partial charge in [0.25, 0.3) is 0 Å². The van der Waals surface area contributed by atoms with E-state index in [0.717, 1.165) is 11.1 Å². The predicted octanol–water partition coefficient (Wildman–Crippen LogP) is 2.21. The Balaban J connectivity index is 2.15. The van der Waals surface area contributed by atoms with E-state index in [1.807, 2.05) is 6.07 Å². The van der Waals surface area contributed by atoms with Crippen LogP contribution in [-0.2, 0) is 13.2 Å². The van der Waals surface area contributed by atoms with Crippen molar-refractivity contribution >= 4 is 0 Å². The van der Waals surface area contributed by atoms with E-state index in [0.29, 0.717) is 11.3 Å². The fraction of sp³-hybridized carbons (Fsp3) is 0.176. The Morgan fingerprint density at radius 3 is 2.81 bits per heavy atom. The number of nitrogens with two attached hydrogens (primary N) is 1. The van der Waals surface area contributed by atoms with Crippen LogP contribution < -0.4 is 10.5 Å². The van der Waals surface area contributed by atoms with Gasteiger partial charge < -0.3 is 15.6 Å². The number of ether oxygens (including phenoxy) is 1. The third kappa shape index (κ3) is 4.32. The molecule has 21 heavy (non-hydrogen) atoms. The molecule has 2 rings (SSSR count). The molecule has 3 nitrogen and oxygen atoms in total. The van der Waals surface area contributed by atoms with Crippen molar-refractivity contribution < 1.29 is 14.2 Å². The highest BCUT2D eigenvalue weighted by molar-refractivity contribution is 5.42. The molecule has 0 atom stereocenters. The SMILES string of the molecule is NCC#Cc1cc(F)ccc1COc1cccc(CO)c1. The van der Waals surface area contributed by atoms with Gasteiger partial charge in [-0.25, -0.2) is 4.39 Å². The van der Waals surface area contributed by atoms with Crippen LogP contribution in [0.15, 0.2) is 42.5 Å². The number of aliphatic hydroxyl groups excluding tert-OH is 1. The summed E-state index contributed by atoms with van der Waals surface area (Å²) >= 11 is 0. The molecule has 0 fully saturated rings. The number of hydrogen-bond acceptors (Lipinski definition) is 3. The topological polar surface area (TPSA) is 55.5 Å². The molecule has 0 aromatic heterocycles. The molecule has 0 radical (unpaired) electrons. The van der Waals surface area contributed by atoms with Gasteiger partial charge in [0.2, 0.25) is 0 Å². The number of rotatable bonds is 4. The first-order valence-electron chi connectivity index (χ1n) is 6.53. The minimum atomic E-state index is -0.345. The molecule has 3 N–H and O–H groups in total. The average Bonchev–Trinajstić information content (AvgIpc) is 2.52. The molecule has 108 valence electrons. The Morgan fingerprint density at radius 1 is 1.19 bits per heavy atom. The fourth-order valence-electron chi connectivity index (χ4n) is 1.83. The van der Waals surface area contributed by atoms with Crippen LogP contribution in [0, 0.1) is 17.7 Å². The number of halogens is 1. The van der Waals surface area contributed by atoms with E-state index >= 15 is 0 Å². The summed E-state index contributed by atoms with van der Waals surface area (Å²) in [6.07, 6.45) is 0. The Morgan fingerprint density at radius 2 is 2.05 bits per heavy atom. The summed E-state index contributed by atoms with van der Waals surface area (Å²) in [5, 5.41) is 9.09. The van der Waals surface area contributed by atoms with Gasteiger partial charge in [0.05, 0.1) is 13.2 Å². The largest absolute Gasteiger partial charge is 0.489 e. The second-order valence-corrected chi connectivity index (χ2v) is 4.40. The second-order valence-electron chi connectivity index (χ2n) is 4.40. The summed E-state index contributed by atoms with van der Waals surface area (Å²) < 4.78 is 18.9. The van der Waals surface area contributed by atoms with Gasteiger partial charge in [-0.15, -0.1) is 0 Å². The maximum Gasteiger partial charge on any atom is 0.124 e. The van der Waals surface area contributed by atoms with E-state index in [4.69, 9.17) is 15.6 Å². The van der Waals surface area contributed by atoms with Gasteiger partial charge >= 0.3 is 0 Å². The van der Waals surface area contributed by atoms with Crippen molar-refractivity contribution in [1.82, 2.24) is 0 Å². The maximum absolute atomic E-state index is 13.3. The van der Waals surface area contributed by atoms with E-state index in [1.165, 1.54) is 12.1 Å². The van der Waals surface area contributed by atoms with E-state index < -0.39 is 0 Å². The Bertz CT molecular complexity index is 674. The Labute approximate surface area is 123 Å². The van der Waals surface area contributed by atoms with Gasteiger partial charge in [-0.2, -0.15) is 0 Å². The standard InChI is InChI=1S/C17H16FNO2/c18-16-7-6-15(14(10-16)4-2-8-19)12-21-17-5-1-3-13(9-17)11-20/h1,3,5-7,9-10,20H,8,11-12,19H2. The lowest BCUT2D eigenvalue weighted by atomic mass is 10.1. The molecule has 4 heteroatoms. The summed E-state index contributed by atoms with van der Waals surface area (Å²) in [5.74, 6) is 5.85. The monoisotopic (exact) mass is 285 g/mol. The lowest BCUT2D eigenvalue weighted by Gasteiger charge is -2.09. The Hall–Kier alpha value is -2.35. The Kier molecular flexibility index (Phi) is 5.33. The molecular formula is C17H16FNO2. The van der Waals surface area contributed by atoms with Crippen molar-refractivity contribution in [2.24, 2.45) is 5.73 Å². The van der Waals surface area contributed by atoms with Crippen LogP contribution in [-0.4, -0.2) is 11.7 Å². The molecule has 0 amide bonds. The van der Waals surface area contributed by atoms with E-state index in [-0.39, 0.29) is 25.6 Å². The molecule has 0 aliphatic heterocycles. The lowest BCUT2D eigenvalue weighted by molar-refractivity contribution is 0.278. The smallest absolute Gasteiger partial charge is 0.124 e. The average molecular weight is 285 g/mol. The van der Waals surface area contributed by atoms with Crippen LogP contribution >= 0.6 is 0 Å². The molecular weight excluding hydrogens is 269 g/mol. The van der Waals surface area contributed by atoms with E-state index in [2.05, 4.69) is 11.8 Å². The summed E-state index contributed by atoms with van der Waals surface area (Å²) in [6, 6.07) is 11.6. The molecule has 0 bridgehead atoms. The highest BCUT2D eigenvalue weighted by Crippen LogP contribution is 2.17. The van der Waals surface area contributed by atoms with Crippen LogP contribution in [0.3, 0.4) is 0 Å². The highest BCUT2D eigenvalue weighted by atomic mass is 19.1. The third-order valence-corrected chi connectivity index (χ3v) is 2.87. The zero-order valence-corrected chi connectivity index (χ0v) is 11.5. The van der Waals surface area contributed by atoms with Crippen molar-refractivity contribution in [3.63, 3.8) is 0 Å². The van der Waals surface area contributed by atoms with Gasteiger partial charge in [0.15, 0.2) is 0 Å². The van der Waals surface area contributed by atoms with Crippen LogP contribution in [0.2, 0.25) is 0 Å². The van der Waals surface area contributed by atoms with Crippen molar-refractivity contribution in [2.45, 2.75) is 13.2 Å². The molecule has 0 heterocycles. The van der Waals surface area contributed by atoms with Crippen molar-refractivity contribution in [3.05, 3.63) is 65.0 Å². The number of aliphatic hydroxyl groups is 1. The predicted molar refractivity (Wildman–Crippen MR) is 79.0 cm³/mol. The quantitative estimate of drug-likeness (QED) is 0.847. The van der Waals surface area contributed by atoms with Crippen LogP contribution in [0.1, 0.15) is 16.7 Å². The maximum atomic E-state index is 13.3. The fourth-order valence-corrected chi connectivity index (χ4v) is 1.83. The first-order chi connectivity index (χ1) is 10.2. The zero-order chi connectivity index (χ0) is 15.1. The van der Waals surface area contributed by atoms with Crippen LogP contribution in [0.4, 0.5) is 4.39 Å². The molecule has 0 saturated carbocycles. The summed E-state index contributed by atoms with van der Waals surface area (Å²) in [6.45, 7) is 0.445. The molecule has 2 aromatic carbocycles. The number of hydrogen-bond donors (Lipinski definition) is 2. The first kappa shape index (κ1) is 15.0. The van der Waals surface area contributed by atoms with Crippen molar-refractivity contribution in [1.29, 1.82) is 0 Å². The van der Waals surface area contributed by atoms with E-state index in [9.17, 15) is 4.39 Å². The van der Waals surface area contributed by atoms with Gasteiger partial charge in [0, 0.05) is 11.1 Å². The normalized spacial score (nSPS) is 9.86. The summed E-state index contributed by atoms with van der Waals surface area (Å²) in [4.78, 5) is 0. The number of benzene rings is 2. The minimum Gasteiger partial charge on any atom is -0.489 e. The van der Waals surface area contributed by atoms with Crippen molar-refractivity contribution in [3.8, 4) is 17.6 Å². The third-order valence-electron chi connectivity index (χ3n) is 2.87. The summed E-state index contributed by atoms with van der Waals surface area (Å²) in [5.41, 5.74) is 7.46. The van der Waals surface area contributed by atoms with Crippen molar-refractivity contribution in [2.75, 3.05) is 6.54 Å². The highest BCUT2D eigenvalue weighted by Gasteiger charge is 2.04. The molecule has 0 saturated heterocycles. The zero-order valence-electron chi connectivity index (χ0n) is 11.5. The summed E-state index contributed by atoms with van der Waals surface area (Å²) in [7, 11) is 0. The van der Waals surface area contributed by atoms with E-state index in [1.54, 1.807) is 24.3 Å². The van der Waals surface area contributed by atoms with Gasteiger partial charge in [-0.1, -0.05) is 30.0 Å². The molecule has 2 aromatic rings. The van der Waals surface area contributed by atoms with Gasteiger partial charge in [-0.05, 0) is 29.8 Å². The van der Waals surface area contributed by atoms with Gasteiger partial charge in [-0.3, -0.25) is 0 Å². The molecule has 0 aliphatic carbocycles. The van der Waals surface area contributed by atoms with Crippen LogP contribution in [0.25, 0.3) is 0 Å². The van der Waals surface area contributed by atoms with Crippen LogP contribution in [0.5, 0.6) is 5.75 Å². The first-order valence-corrected chi connectivity index (χ1v) is 6.53. The minimum absolute atomic E-state index is 0.0407. The van der Waals surface area contributed by atoms with Gasteiger partial charge in [0.1, 0.15) is 18.2 Å². The molecule has 0 spiro atoms. The second kappa shape index (κ2) is 7.44.